The normalized spacial score (nSPS) is 15.7. The number of para-hydroxylation sites is 1. The quantitative estimate of drug-likeness (QED) is 0.487. The number of methoxy groups -OCH3 is 1. The summed E-state index contributed by atoms with van der Waals surface area (Å²) in [4.78, 5) is 21.9. The second-order valence-corrected chi connectivity index (χ2v) is 11.3. The van der Waals surface area contributed by atoms with E-state index >= 15 is 0 Å². The number of nitrogens with zero attached hydrogens (tertiary/aromatic N) is 3. The molecule has 1 amide bonds. The summed E-state index contributed by atoms with van der Waals surface area (Å²) in [5.74, 6) is 0.185. The Bertz CT molecular complexity index is 1480. The number of hydrogen-bond acceptors (Lipinski definition) is 6. The number of hydrogen-bond donors (Lipinski definition) is 1. The minimum atomic E-state index is -3.92. The standard InChI is InChI=1S/C29H32N4O4S/c1-21-6-3-7-22(18-21)20-32-14-16-33(17-15-32)29(34)24-11-12-25(26(19-24)37-2)31-38(35,36)27-10-4-8-23-9-5-13-30-28(23)27/h3-4,6-8,10-13,18-19,31H,5,9,14-17,20H2,1-2H3. The average Bonchev–Trinajstić information content (AvgIpc) is 2.93. The largest absolute Gasteiger partial charge is 0.495 e. The highest BCUT2D eigenvalue weighted by Crippen LogP contribution is 2.34. The van der Waals surface area contributed by atoms with Gasteiger partial charge in [-0.3, -0.25) is 19.4 Å². The van der Waals surface area contributed by atoms with E-state index in [-0.39, 0.29) is 22.2 Å². The summed E-state index contributed by atoms with van der Waals surface area (Å²) in [6, 6.07) is 18.5. The third-order valence-electron chi connectivity index (χ3n) is 6.98. The van der Waals surface area contributed by atoms with Crippen LogP contribution in [0.4, 0.5) is 11.4 Å². The Morgan fingerprint density at radius 3 is 2.58 bits per heavy atom. The first-order valence-electron chi connectivity index (χ1n) is 12.8. The Hall–Kier alpha value is -3.69. The van der Waals surface area contributed by atoms with Gasteiger partial charge in [-0.15, -0.1) is 0 Å². The van der Waals surface area contributed by atoms with Gasteiger partial charge in [-0.25, -0.2) is 8.42 Å². The van der Waals surface area contributed by atoms with Crippen LogP contribution in [0.1, 0.15) is 33.5 Å². The Labute approximate surface area is 224 Å². The number of ether oxygens (including phenoxy) is 1. The maximum absolute atomic E-state index is 13.3. The number of piperazine rings is 1. The van der Waals surface area contributed by atoms with Crippen LogP contribution in [0.15, 0.2) is 70.6 Å². The zero-order valence-electron chi connectivity index (χ0n) is 21.7. The van der Waals surface area contributed by atoms with E-state index in [2.05, 4.69) is 45.8 Å². The van der Waals surface area contributed by atoms with E-state index in [1.807, 2.05) is 11.0 Å². The molecule has 198 valence electrons. The molecule has 0 saturated carbocycles. The molecule has 0 bridgehead atoms. The van der Waals surface area contributed by atoms with Crippen LogP contribution in [-0.2, 0) is 23.0 Å². The number of sulfonamides is 1. The molecule has 2 aliphatic rings. The molecular formula is C29H32N4O4S. The lowest BCUT2D eigenvalue weighted by Crippen LogP contribution is -2.48. The number of nitrogens with one attached hydrogen (secondary N) is 1. The number of carbonyl (C=O) groups is 1. The Balaban J connectivity index is 1.27. The first kappa shape index (κ1) is 25.9. The molecule has 5 rings (SSSR count). The summed E-state index contributed by atoms with van der Waals surface area (Å²) < 4.78 is 34.6. The van der Waals surface area contributed by atoms with Gasteiger partial charge in [-0.05, 0) is 55.2 Å². The van der Waals surface area contributed by atoms with Crippen molar-refractivity contribution >= 4 is 33.5 Å². The molecule has 0 aromatic heterocycles. The smallest absolute Gasteiger partial charge is 0.264 e. The van der Waals surface area contributed by atoms with Gasteiger partial charge in [-0.2, -0.15) is 0 Å². The number of aryl methyl sites for hydroxylation is 2. The third kappa shape index (κ3) is 5.58. The average molecular weight is 533 g/mol. The lowest BCUT2D eigenvalue weighted by atomic mass is 10.1. The summed E-state index contributed by atoms with van der Waals surface area (Å²) in [6.07, 6.45) is 3.28. The fourth-order valence-electron chi connectivity index (χ4n) is 4.98. The van der Waals surface area contributed by atoms with Gasteiger partial charge in [0, 0.05) is 44.5 Å². The van der Waals surface area contributed by atoms with Crippen molar-refractivity contribution in [3.63, 3.8) is 0 Å². The predicted molar refractivity (Wildman–Crippen MR) is 149 cm³/mol. The molecule has 38 heavy (non-hydrogen) atoms. The van der Waals surface area contributed by atoms with Crippen LogP contribution in [-0.4, -0.2) is 63.6 Å². The molecule has 1 saturated heterocycles. The monoisotopic (exact) mass is 532 g/mol. The van der Waals surface area contributed by atoms with Crippen molar-refractivity contribution in [1.29, 1.82) is 0 Å². The van der Waals surface area contributed by atoms with Crippen molar-refractivity contribution in [2.75, 3.05) is 38.0 Å². The molecule has 1 N–H and O–H groups in total. The molecule has 2 heterocycles. The number of rotatable bonds is 7. The van der Waals surface area contributed by atoms with Gasteiger partial charge in [0.05, 0.1) is 18.5 Å². The van der Waals surface area contributed by atoms with E-state index in [1.54, 1.807) is 36.5 Å². The van der Waals surface area contributed by atoms with Crippen LogP contribution in [0.2, 0.25) is 0 Å². The molecule has 9 heteroatoms. The van der Waals surface area contributed by atoms with Crippen molar-refractivity contribution in [1.82, 2.24) is 9.80 Å². The molecule has 0 spiro atoms. The van der Waals surface area contributed by atoms with Crippen LogP contribution >= 0.6 is 0 Å². The highest BCUT2D eigenvalue weighted by molar-refractivity contribution is 7.92. The van der Waals surface area contributed by atoms with Crippen molar-refractivity contribution in [3.05, 3.63) is 82.9 Å². The van der Waals surface area contributed by atoms with Gasteiger partial charge in [0.2, 0.25) is 0 Å². The second-order valence-electron chi connectivity index (χ2n) is 9.69. The van der Waals surface area contributed by atoms with Crippen LogP contribution in [0.3, 0.4) is 0 Å². The molecule has 3 aromatic carbocycles. The van der Waals surface area contributed by atoms with E-state index in [0.717, 1.165) is 38.0 Å². The lowest BCUT2D eigenvalue weighted by molar-refractivity contribution is 0.0628. The number of amides is 1. The number of fused-ring (bicyclic) bond motifs is 1. The topological polar surface area (TPSA) is 91.3 Å². The van der Waals surface area contributed by atoms with E-state index in [4.69, 9.17) is 4.74 Å². The summed E-state index contributed by atoms with van der Waals surface area (Å²) in [5.41, 5.74) is 4.62. The molecule has 0 unspecified atom stereocenters. The van der Waals surface area contributed by atoms with Crippen LogP contribution in [0, 0.1) is 6.92 Å². The van der Waals surface area contributed by atoms with Gasteiger partial charge < -0.3 is 9.64 Å². The predicted octanol–water partition coefficient (Wildman–Crippen LogP) is 4.41. The first-order valence-corrected chi connectivity index (χ1v) is 14.2. The van der Waals surface area contributed by atoms with Gasteiger partial charge in [0.25, 0.3) is 15.9 Å². The van der Waals surface area contributed by atoms with E-state index in [9.17, 15) is 13.2 Å². The minimum Gasteiger partial charge on any atom is -0.495 e. The van der Waals surface area contributed by atoms with Gasteiger partial charge in [-0.1, -0.05) is 42.0 Å². The Morgan fingerprint density at radius 1 is 1.03 bits per heavy atom. The lowest BCUT2D eigenvalue weighted by Gasteiger charge is -2.35. The zero-order valence-corrected chi connectivity index (χ0v) is 22.5. The van der Waals surface area contributed by atoms with E-state index < -0.39 is 10.0 Å². The zero-order chi connectivity index (χ0) is 26.7. The maximum atomic E-state index is 13.3. The molecular weight excluding hydrogens is 500 g/mol. The van der Waals surface area contributed by atoms with E-state index in [1.165, 1.54) is 18.2 Å². The molecule has 1 fully saturated rings. The molecule has 0 atom stereocenters. The van der Waals surface area contributed by atoms with Crippen LogP contribution in [0.25, 0.3) is 0 Å². The summed E-state index contributed by atoms with van der Waals surface area (Å²) in [5, 5.41) is 0. The van der Waals surface area contributed by atoms with Crippen molar-refractivity contribution < 1.29 is 17.9 Å². The van der Waals surface area contributed by atoms with E-state index in [0.29, 0.717) is 24.3 Å². The van der Waals surface area contributed by atoms with Crippen LogP contribution in [0.5, 0.6) is 5.75 Å². The number of anilines is 1. The number of benzene rings is 3. The molecule has 0 radical (unpaired) electrons. The molecule has 3 aromatic rings. The third-order valence-corrected chi connectivity index (χ3v) is 8.37. The van der Waals surface area contributed by atoms with Crippen LogP contribution < -0.4 is 9.46 Å². The Kier molecular flexibility index (Phi) is 7.49. The van der Waals surface area contributed by atoms with Crippen molar-refractivity contribution in [2.45, 2.75) is 31.2 Å². The molecule has 0 aliphatic carbocycles. The number of carbonyl (C=O) groups excluding carboxylic acids is 1. The SMILES string of the molecule is COc1cc(C(=O)N2CCN(Cc3cccc(C)c3)CC2)ccc1NS(=O)(=O)c1cccc2c1N=CCC2. The summed E-state index contributed by atoms with van der Waals surface area (Å²) in [6.45, 7) is 5.79. The van der Waals surface area contributed by atoms with Crippen molar-refractivity contribution in [3.8, 4) is 5.75 Å². The highest BCUT2D eigenvalue weighted by Gasteiger charge is 2.26. The molecule has 8 nitrogen and oxygen atoms in total. The van der Waals surface area contributed by atoms with Gasteiger partial charge >= 0.3 is 0 Å². The molecule has 2 aliphatic heterocycles. The number of aliphatic imine (C=N–C) groups is 1. The fraction of sp³-hybridized carbons (Fsp3) is 0.310. The van der Waals surface area contributed by atoms with Crippen molar-refractivity contribution in [2.24, 2.45) is 4.99 Å². The highest BCUT2D eigenvalue weighted by atomic mass is 32.2. The summed E-state index contributed by atoms with van der Waals surface area (Å²) >= 11 is 0. The summed E-state index contributed by atoms with van der Waals surface area (Å²) in [7, 11) is -2.46. The van der Waals surface area contributed by atoms with Gasteiger partial charge in [0.15, 0.2) is 0 Å². The maximum Gasteiger partial charge on any atom is 0.264 e. The first-order chi connectivity index (χ1) is 18.3. The Morgan fingerprint density at radius 2 is 1.82 bits per heavy atom. The van der Waals surface area contributed by atoms with Gasteiger partial charge in [0.1, 0.15) is 10.6 Å². The fourth-order valence-corrected chi connectivity index (χ4v) is 6.24. The minimum absolute atomic E-state index is 0.0978. The second kappa shape index (κ2) is 11.0.